The summed E-state index contributed by atoms with van der Waals surface area (Å²) in [5.74, 6) is 2.43. The van der Waals surface area contributed by atoms with E-state index in [-0.39, 0.29) is 5.41 Å². The molecule has 3 N–H and O–H groups in total. The summed E-state index contributed by atoms with van der Waals surface area (Å²) in [5, 5.41) is 13.0. The number of urea groups is 1. The maximum absolute atomic E-state index is 12.4. The average Bonchev–Trinajstić information content (AvgIpc) is 3.77. The summed E-state index contributed by atoms with van der Waals surface area (Å²) in [6.45, 7) is 12.1. The summed E-state index contributed by atoms with van der Waals surface area (Å²) in [5.41, 5.74) is 3.26. The van der Waals surface area contributed by atoms with E-state index in [4.69, 9.17) is 19.2 Å². The van der Waals surface area contributed by atoms with Gasteiger partial charge in [0.1, 0.15) is 17.2 Å². The Kier molecular flexibility index (Phi) is 6.63. The first-order chi connectivity index (χ1) is 20.2. The van der Waals surface area contributed by atoms with Gasteiger partial charge in [0, 0.05) is 66.7 Å². The number of anilines is 2. The second kappa shape index (κ2) is 10.4. The highest BCUT2D eigenvalue weighted by Crippen LogP contribution is 2.31. The van der Waals surface area contributed by atoms with Crippen LogP contribution in [0.5, 0.6) is 5.88 Å². The fraction of sp³-hybridized carbons (Fsp3) is 0.400. The smallest absolute Gasteiger partial charge is 0.324 e. The van der Waals surface area contributed by atoms with E-state index in [1.165, 1.54) is 11.3 Å². The number of rotatable bonds is 7. The van der Waals surface area contributed by atoms with Gasteiger partial charge in [0.25, 0.3) is 0 Å². The van der Waals surface area contributed by atoms with E-state index in [1.54, 1.807) is 6.07 Å². The van der Waals surface area contributed by atoms with Crippen LogP contribution in [-0.4, -0.2) is 68.8 Å². The lowest BCUT2D eigenvalue weighted by Gasteiger charge is -2.27. The minimum atomic E-state index is -0.392. The number of hydrogen-bond donors (Lipinski definition) is 3. The molecule has 2 bridgehead atoms. The fourth-order valence-corrected chi connectivity index (χ4v) is 6.77. The highest BCUT2D eigenvalue weighted by atomic mass is 32.1. The van der Waals surface area contributed by atoms with E-state index >= 15 is 0 Å². The quantitative estimate of drug-likeness (QED) is 0.238. The number of ether oxygens (including phenoxy) is 1. The van der Waals surface area contributed by atoms with E-state index in [9.17, 15) is 4.79 Å². The molecule has 6 heterocycles. The Hall–Kier alpha value is -4.00. The zero-order valence-electron chi connectivity index (χ0n) is 24.0. The molecule has 0 aliphatic carbocycles. The van der Waals surface area contributed by atoms with Crippen molar-refractivity contribution in [1.82, 2.24) is 29.7 Å². The van der Waals surface area contributed by atoms with E-state index < -0.39 is 6.03 Å². The third-order valence-corrected chi connectivity index (χ3v) is 9.19. The number of carbonyl (C=O) groups is 1. The Balaban J connectivity index is 0.973. The van der Waals surface area contributed by atoms with Crippen LogP contribution in [0.3, 0.4) is 0 Å². The second-order valence-electron chi connectivity index (χ2n) is 12.1. The van der Waals surface area contributed by atoms with Crippen LogP contribution in [-0.2, 0) is 5.41 Å². The molecule has 2 amide bonds. The first-order valence-electron chi connectivity index (χ1n) is 14.3. The largest absolute Gasteiger partial charge is 0.476 e. The summed E-state index contributed by atoms with van der Waals surface area (Å²) >= 11 is 1.54. The molecule has 12 heteroatoms. The van der Waals surface area contributed by atoms with E-state index in [2.05, 4.69) is 37.3 Å². The molecule has 7 rings (SSSR count). The minimum Gasteiger partial charge on any atom is -0.476 e. The second-order valence-corrected chi connectivity index (χ2v) is 13.1. The molecule has 4 aromatic heterocycles. The molecular formula is C30H34N8O3S. The van der Waals surface area contributed by atoms with Crippen molar-refractivity contribution in [3.05, 3.63) is 54.4 Å². The van der Waals surface area contributed by atoms with Crippen molar-refractivity contribution in [2.45, 2.75) is 45.2 Å². The van der Waals surface area contributed by atoms with Crippen LogP contribution in [0.4, 0.5) is 16.3 Å². The molecule has 0 saturated carbocycles. The first-order valence-corrected chi connectivity index (χ1v) is 15.1. The summed E-state index contributed by atoms with van der Waals surface area (Å²) in [4.78, 5) is 26.3. The molecule has 5 aromatic rings. The molecule has 0 spiro atoms. The normalized spacial score (nSPS) is 20.5. The molecule has 2 aliphatic heterocycles. The number of fused-ring (bicyclic) bond motifs is 5. The zero-order chi connectivity index (χ0) is 29.0. The van der Waals surface area contributed by atoms with Crippen LogP contribution in [0, 0.1) is 5.92 Å². The number of carbonyl (C=O) groups excluding carboxylic acids is 1. The number of imidazole rings is 1. The van der Waals surface area contributed by atoms with Gasteiger partial charge >= 0.3 is 6.03 Å². The van der Waals surface area contributed by atoms with Crippen LogP contribution >= 0.6 is 11.3 Å². The number of hydrogen-bond acceptors (Lipinski definition) is 9. The molecule has 2 fully saturated rings. The highest BCUT2D eigenvalue weighted by Gasteiger charge is 2.43. The Labute approximate surface area is 247 Å². The van der Waals surface area contributed by atoms with Gasteiger partial charge in [-0.15, -0.1) is 0 Å². The maximum atomic E-state index is 12.4. The van der Waals surface area contributed by atoms with Crippen LogP contribution in [0.25, 0.3) is 26.6 Å². The van der Waals surface area contributed by atoms with Crippen LogP contribution in [0.2, 0.25) is 0 Å². The van der Waals surface area contributed by atoms with Gasteiger partial charge in [0.15, 0.2) is 10.8 Å². The Morgan fingerprint density at radius 1 is 1.17 bits per heavy atom. The lowest BCUT2D eigenvalue weighted by atomic mass is 9.93. The molecule has 2 saturated heterocycles. The lowest BCUT2D eigenvalue weighted by molar-refractivity contribution is 0.173. The number of pyridine rings is 1. The molecule has 42 heavy (non-hydrogen) atoms. The van der Waals surface area contributed by atoms with E-state index in [0.29, 0.717) is 47.8 Å². The van der Waals surface area contributed by atoms with Crippen molar-refractivity contribution in [3.8, 4) is 17.1 Å². The van der Waals surface area contributed by atoms with E-state index in [1.807, 2.05) is 63.4 Å². The Morgan fingerprint density at radius 3 is 2.71 bits per heavy atom. The van der Waals surface area contributed by atoms with Crippen LogP contribution in [0.1, 0.15) is 33.5 Å². The predicted octanol–water partition coefficient (Wildman–Crippen LogP) is 5.21. The van der Waals surface area contributed by atoms with Gasteiger partial charge in [0.05, 0.1) is 11.2 Å². The average molecular weight is 587 g/mol. The summed E-state index contributed by atoms with van der Waals surface area (Å²) in [6, 6.07) is 14.1. The van der Waals surface area contributed by atoms with Gasteiger partial charge in [-0.25, -0.2) is 14.8 Å². The van der Waals surface area contributed by atoms with Gasteiger partial charge in [-0.05, 0) is 24.1 Å². The molecule has 0 radical (unpaired) electrons. The minimum absolute atomic E-state index is 0.189. The van der Waals surface area contributed by atoms with Gasteiger partial charge in [-0.3, -0.25) is 14.6 Å². The van der Waals surface area contributed by atoms with Crippen LogP contribution in [0.15, 0.2) is 53.2 Å². The fourth-order valence-electron chi connectivity index (χ4n) is 5.80. The number of nitrogens with zero attached hydrogens (tertiary/aromatic N) is 5. The standard InChI is InChI=1S/C30H34N8O3S/c1-17-20-15-37(23(17)14-31-20)11-12-40-26-10-9-22-27(35-26)42-29-33-21(16-38(22)29)18-5-7-19(8-6-18)32-28(39)34-25-13-24(41-36-25)30(2,3)4/h5-10,13,16-17,20,23,31H,11-12,14-15H2,1-4H3,(H2,32,34,36,39). The predicted molar refractivity (Wildman–Crippen MR) is 163 cm³/mol. The van der Waals surface area contributed by atoms with Crippen molar-refractivity contribution >= 4 is 44.2 Å². The molecule has 3 unspecified atom stereocenters. The van der Waals surface area contributed by atoms with Crippen molar-refractivity contribution in [2.24, 2.45) is 5.92 Å². The van der Waals surface area contributed by atoms with E-state index in [0.717, 1.165) is 46.2 Å². The Morgan fingerprint density at radius 2 is 2.00 bits per heavy atom. The summed E-state index contributed by atoms with van der Waals surface area (Å²) in [6.07, 6.45) is 2.01. The summed E-state index contributed by atoms with van der Waals surface area (Å²) in [7, 11) is 0. The van der Waals surface area contributed by atoms with Crippen molar-refractivity contribution in [3.63, 3.8) is 0 Å². The number of likely N-dealkylation sites (tertiary alicyclic amines) is 1. The Bertz CT molecular complexity index is 1750. The van der Waals surface area contributed by atoms with Gasteiger partial charge < -0.3 is 19.9 Å². The van der Waals surface area contributed by atoms with Crippen molar-refractivity contribution in [2.75, 3.05) is 36.9 Å². The number of piperazine rings is 1. The maximum Gasteiger partial charge on any atom is 0.324 e. The topological polar surface area (TPSA) is 122 Å². The van der Waals surface area contributed by atoms with Gasteiger partial charge in [-0.1, -0.05) is 56.3 Å². The molecule has 2 aliphatic rings. The first kappa shape index (κ1) is 26.9. The lowest BCUT2D eigenvalue weighted by Crippen LogP contribution is -2.45. The van der Waals surface area contributed by atoms with Crippen molar-refractivity contribution in [1.29, 1.82) is 0 Å². The molecule has 11 nitrogen and oxygen atoms in total. The number of amides is 2. The third kappa shape index (κ3) is 5.10. The molecular weight excluding hydrogens is 552 g/mol. The zero-order valence-corrected chi connectivity index (χ0v) is 24.9. The number of nitrogens with one attached hydrogen (secondary N) is 3. The molecule has 218 valence electrons. The van der Waals surface area contributed by atoms with Crippen LogP contribution < -0.4 is 20.7 Å². The van der Waals surface area contributed by atoms with Gasteiger partial charge in [0.2, 0.25) is 5.88 Å². The number of aromatic nitrogens is 4. The summed E-state index contributed by atoms with van der Waals surface area (Å²) < 4.78 is 13.4. The number of benzene rings is 1. The third-order valence-electron chi connectivity index (χ3n) is 8.22. The van der Waals surface area contributed by atoms with Gasteiger partial charge in [-0.2, -0.15) is 0 Å². The SMILES string of the molecule is CC1C2CN(CCOc3ccc4c(n3)sc3nc(-c5ccc(NC(=O)Nc6cc(C(C)(C)C)on6)cc5)cn34)C1CN2. The molecule has 3 atom stereocenters. The highest BCUT2D eigenvalue weighted by molar-refractivity contribution is 7.23. The van der Waals surface area contributed by atoms with Crippen molar-refractivity contribution < 1.29 is 14.1 Å². The molecule has 1 aromatic carbocycles. The number of thiazole rings is 1. The monoisotopic (exact) mass is 586 g/mol.